The van der Waals surface area contributed by atoms with Crippen molar-refractivity contribution < 1.29 is 0 Å². The molecule has 1 heterocycles. The van der Waals surface area contributed by atoms with Crippen LogP contribution in [0.15, 0.2) is 152 Å². The molecule has 0 aliphatic heterocycles. The first kappa shape index (κ1) is 22.1. The van der Waals surface area contributed by atoms with E-state index in [2.05, 4.69) is 143 Å². The lowest BCUT2D eigenvalue weighted by Crippen LogP contribution is -1.94. The van der Waals surface area contributed by atoms with Crippen LogP contribution in [0.25, 0.3) is 49.7 Å². The molecule has 0 fully saturated rings. The Labute approximate surface area is 222 Å². The second kappa shape index (κ2) is 9.42. The van der Waals surface area contributed by atoms with Gasteiger partial charge in [0.2, 0.25) is 0 Å². The first-order valence-corrected chi connectivity index (χ1v) is 13.0. The molecule has 0 aliphatic rings. The number of rotatable bonds is 5. The Hall–Kier alpha value is -5.08. The number of nitrogens with zero attached hydrogens (tertiary/aromatic N) is 1. The fraction of sp³-hybridized carbons (Fsp3) is 0. The smallest absolute Gasteiger partial charge is 0.0541 e. The molecule has 0 bridgehead atoms. The number of hydrogen-bond donors (Lipinski definition) is 1. The van der Waals surface area contributed by atoms with Crippen LogP contribution >= 0.6 is 0 Å². The van der Waals surface area contributed by atoms with Crippen molar-refractivity contribution in [3.05, 3.63) is 152 Å². The van der Waals surface area contributed by atoms with E-state index < -0.39 is 0 Å². The van der Waals surface area contributed by atoms with E-state index in [1.165, 1.54) is 49.7 Å². The van der Waals surface area contributed by atoms with Gasteiger partial charge in [0.25, 0.3) is 0 Å². The summed E-state index contributed by atoms with van der Waals surface area (Å²) in [5, 5.41) is 5.99. The zero-order valence-corrected chi connectivity index (χ0v) is 20.9. The SMILES string of the molecule is c1ccc(Nc2ccc(-c3ccc4c(c3)c3ccccc3n4-c3cccc(-c4ccccc4)c3)cc2)cc1. The number of anilines is 2. The molecule has 2 nitrogen and oxygen atoms in total. The Morgan fingerprint density at radius 2 is 0.947 bits per heavy atom. The van der Waals surface area contributed by atoms with Gasteiger partial charge >= 0.3 is 0 Å². The maximum Gasteiger partial charge on any atom is 0.0541 e. The molecule has 7 aromatic rings. The molecule has 38 heavy (non-hydrogen) atoms. The van der Waals surface area contributed by atoms with E-state index in [4.69, 9.17) is 0 Å². The average Bonchev–Trinajstić information content (AvgIpc) is 3.32. The van der Waals surface area contributed by atoms with E-state index in [9.17, 15) is 0 Å². The molecule has 0 amide bonds. The molecular formula is C36H26N2. The largest absolute Gasteiger partial charge is 0.356 e. The summed E-state index contributed by atoms with van der Waals surface area (Å²) in [7, 11) is 0. The van der Waals surface area contributed by atoms with Crippen molar-refractivity contribution in [2.75, 3.05) is 5.32 Å². The van der Waals surface area contributed by atoms with E-state index in [0.29, 0.717) is 0 Å². The minimum atomic E-state index is 1.08. The Kier molecular flexibility index (Phi) is 5.49. The monoisotopic (exact) mass is 486 g/mol. The minimum Gasteiger partial charge on any atom is -0.356 e. The second-order valence-electron chi connectivity index (χ2n) is 9.57. The van der Waals surface area contributed by atoms with E-state index in [1.807, 2.05) is 18.2 Å². The quantitative estimate of drug-likeness (QED) is 0.256. The predicted octanol–water partition coefficient (Wildman–Crippen LogP) is 9.86. The maximum atomic E-state index is 3.47. The van der Waals surface area contributed by atoms with Crippen molar-refractivity contribution in [1.29, 1.82) is 0 Å². The molecule has 1 N–H and O–H groups in total. The standard InChI is InChI=1S/C36H26N2/c1-3-10-26(11-4-1)28-12-9-15-32(24-28)38-35-17-8-7-16-33(35)34-25-29(20-23-36(34)38)27-18-21-31(22-19-27)37-30-13-5-2-6-14-30/h1-25,37H. The number of nitrogens with one attached hydrogen (secondary N) is 1. The van der Waals surface area contributed by atoms with E-state index in [1.54, 1.807) is 0 Å². The third kappa shape index (κ3) is 4.03. The fourth-order valence-electron chi connectivity index (χ4n) is 5.32. The summed E-state index contributed by atoms with van der Waals surface area (Å²) in [6.07, 6.45) is 0. The van der Waals surface area contributed by atoms with Crippen molar-refractivity contribution in [2.45, 2.75) is 0 Å². The summed E-state index contributed by atoms with van der Waals surface area (Å²) < 4.78 is 2.38. The van der Waals surface area contributed by atoms with Gasteiger partial charge in [-0.3, -0.25) is 0 Å². The molecule has 0 saturated carbocycles. The van der Waals surface area contributed by atoms with Gasteiger partial charge in [-0.15, -0.1) is 0 Å². The molecule has 0 spiro atoms. The van der Waals surface area contributed by atoms with Crippen molar-refractivity contribution in [3.8, 4) is 27.9 Å². The lowest BCUT2D eigenvalue weighted by atomic mass is 10.0. The van der Waals surface area contributed by atoms with Gasteiger partial charge in [-0.05, 0) is 76.9 Å². The molecule has 1 aromatic heterocycles. The van der Waals surface area contributed by atoms with Gasteiger partial charge in [-0.2, -0.15) is 0 Å². The molecule has 0 atom stereocenters. The Balaban J connectivity index is 1.31. The topological polar surface area (TPSA) is 17.0 Å². The highest BCUT2D eigenvalue weighted by molar-refractivity contribution is 6.10. The highest BCUT2D eigenvalue weighted by Crippen LogP contribution is 2.36. The van der Waals surface area contributed by atoms with Crippen LogP contribution in [-0.2, 0) is 0 Å². The zero-order valence-electron chi connectivity index (χ0n) is 20.9. The Morgan fingerprint density at radius 3 is 1.76 bits per heavy atom. The first-order valence-electron chi connectivity index (χ1n) is 13.0. The van der Waals surface area contributed by atoms with Crippen LogP contribution in [-0.4, -0.2) is 4.57 Å². The van der Waals surface area contributed by atoms with Gasteiger partial charge in [0.05, 0.1) is 11.0 Å². The van der Waals surface area contributed by atoms with Gasteiger partial charge in [0, 0.05) is 27.8 Å². The normalized spacial score (nSPS) is 11.2. The summed E-state index contributed by atoms with van der Waals surface area (Å²) in [4.78, 5) is 0. The first-order chi connectivity index (χ1) is 18.8. The summed E-state index contributed by atoms with van der Waals surface area (Å²) in [6.45, 7) is 0. The third-order valence-electron chi connectivity index (χ3n) is 7.16. The third-order valence-corrected chi connectivity index (χ3v) is 7.16. The number of aromatic nitrogens is 1. The van der Waals surface area contributed by atoms with E-state index >= 15 is 0 Å². The lowest BCUT2D eigenvalue weighted by Gasteiger charge is -2.11. The molecule has 7 rings (SSSR count). The second-order valence-corrected chi connectivity index (χ2v) is 9.57. The number of hydrogen-bond acceptors (Lipinski definition) is 1. The van der Waals surface area contributed by atoms with Gasteiger partial charge in [0.1, 0.15) is 0 Å². The van der Waals surface area contributed by atoms with Gasteiger partial charge < -0.3 is 9.88 Å². The van der Waals surface area contributed by atoms with E-state index in [-0.39, 0.29) is 0 Å². The maximum absolute atomic E-state index is 3.47. The summed E-state index contributed by atoms with van der Waals surface area (Å²) in [5.41, 5.74) is 10.6. The Bertz CT molecular complexity index is 1860. The van der Waals surface area contributed by atoms with Crippen molar-refractivity contribution in [1.82, 2.24) is 4.57 Å². The predicted molar refractivity (Wildman–Crippen MR) is 161 cm³/mol. The van der Waals surface area contributed by atoms with Crippen LogP contribution in [0, 0.1) is 0 Å². The van der Waals surface area contributed by atoms with Crippen LogP contribution in [0.2, 0.25) is 0 Å². The van der Waals surface area contributed by atoms with Crippen molar-refractivity contribution >= 4 is 33.2 Å². The minimum absolute atomic E-state index is 1.08. The highest BCUT2D eigenvalue weighted by Gasteiger charge is 2.13. The Morgan fingerprint density at radius 1 is 0.368 bits per heavy atom. The summed E-state index contributed by atoms with van der Waals surface area (Å²) >= 11 is 0. The average molecular weight is 487 g/mol. The number of benzene rings is 6. The molecule has 0 aliphatic carbocycles. The summed E-state index contributed by atoms with van der Waals surface area (Å²) in [5.74, 6) is 0. The van der Waals surface area contributed by atoms with Gasteiger partial charge in [-0.25, -0.2) is 0 Å². The van der Waals surface area contributed by atoms with Crippen LogP contribution in [0.1, 0.15) is 0 Å². The fourth-order valence-corrected chi connectivity index (χ4v) is 5.32. The summed E-state index contributed by atoms with van der Waals surface area (Å²) in [6, 6.07) is 53.8. The highest BCUT2D eigenvalue weighted by atomic mass is 15.0. The molecule has 0 unspecified atom stereocenters. The molecule has 2 heteroatoms. The molecular weight excluding hydrogens is 460 g/mol. The van der Waals surface area contributed by atoms with Crippen LogP contribution in [0.5, 0.6) is 0 Å². The molecule has 6 aromatic carbocycles. The number of para-hydroxylation sites is 2. The van der Waals surface area contributed by atoms with Crippen LogP contribution < -0.4 is 5.32 Å². The molecule has 0 saturated heterocycles. The van der Waals surface area contributed by atoms with Gasteiger partial charge in [-0.1, -0.05) is 97.1 Å². The van der Waals surface area contributed by atoms with Crippen molar-refractivity contribution in [2.24, 2.45) is 0 Å². The lowest BCUT2D eigenvalue weighted by molar-refractivity contribution is 1.18. The zero-order chi connectivity index (χ0) is 25.3. The van der Waals surface area contributed by atoms with Crippen LogP contribution in [0.4, 0.5) is 11.4 Å². The van der Waals surface area contributed by atoms with Crippen LogP contribution in [0.3, 0.4) is 0 Å². The van der Waals surface area contributed by atoms with E-state index in [0.717, 1.165) is 11.4 Å². The van der Waals surface area contributed by atoms with Gasteiger partial charge in [0.15, 0.2) is 0 Å². The number of fused-ring (bicyclic) bond motifs is 3. The molecule has 0 radical (unpaired) electrons. The van der Waals surface area contributed by atoms with Crippen molar-refractivity contribution in [3.63, 3.8) is 0 Å². The molecule has 180 valence electrons.